The third-order valence-corrected chi connectivity index (χ3v) is 5.52. The average molecular weight is 466 g/mol. The number of carbonyl (C=O) groups is 3. The summed E-state index contributed by atoms with van der Waals surface area (Å²) in [6.45, 7) is 0.859. The predicted octanol–water partition coefficient (Wildman–Crippen LogP) is 3.39. The molecule has 9 heteroatoms. The Balaban J connectivity index is 0.000000350. The van der Waals surface area contributed by atoms with Gasteiger partial charge in [-0.15, -0.1) is 0 Å². The summed E-state index contributed by atoms with van der Waals surface area (Å²) >= 11 is 0. The van der Waals surface area contributed by atoms with E-state index in [1.54, 1.807) is 7.05 Å². The molecule has 0 bridgehead atoms. The van der Waals surface area contributed by atoms with Crippen molar-refractivity contribution in [3.63, 3.8) is 0 Å². The molecule has 0 aliphatic heterocycles. The molecular formula is C25H27N3O6. The highest BCUT2D eigenvalue weighted by Gasteiger charge is 2.28. The van der Waals surface area contributed by atoms with Crippen LogP contribution in [0.25, 0.3) is 10.9 Å². The molecule has 1 aliphatic carbocycles. The number of amides is 1. The normalized spacial score (nSPS) is 14.4. The van der Waals surface area contributed by atoms with Crippen LogP contribution < -0.4 is 15.4 Å². The van der Waals surface area contributed by atoms with Crippen LogP contribution >= 0.6 is 0 Å². The molecule has 4 rings (SSSR count). The van der Waals surface area contributed by atoms with E-state index >= 15 is 0 Å². The van der Waals surface area contributed by atoms with Crippen LogP contribution in [0, 0.1) is 0 Å². The fraction of sp³-hybridized carbons (Fsp3) is 0.240. The fourth-order valence-corrected chi connectivity index (χ4v) is 4.05. The topological polar surface area (TPSA) is 130 Å². The van der Waals surface area contributed by atoms with Gasteiger partial charge in [0, 0.05) is 55.4 Å². The second-order valence-electron chi connectivity index (χ2n) is 7.71. The molecule has 1 aliphatic rings. The maximum Gasteiger partial charge on any atom is 0.412 e. The van der Waals surface area contributed by atoms with Gasteiger partial charge < -0.3 is 30.2 Å². The first kappa shape index (κ1) is 24.5. The lowest BCUT2D eigenvalue weighted by atomic mass is 10.1. The van der Waals surface area contributed by atoms with Crippen molar-refractivity contribution in [2.45, 2.75) is 25.4 Å². The van der Waals surface area contributed by atoms with E-state index in [9.17, 15) is 14.4 Å². The Morgan fingerprint density at radius 2 is 1.76 bits per heavy atom. The van der Waals surface area contributed by atoms with E-state index in [2.05, 4.69) is 46.5 Å². The number of rotatable bonds is 6. The van der Waals surface area contributed by atoms with Crippen molar-refractivity contribution in [2.75, 3.05) is 7.05 Å². The predicted molar refractivity (Wildman–Crippen MR) is 127 cm³/mol. The largest absolute Gasteiger partial charge is 0.478 e. The van der Waals surface area contributed by atoms with Gasteiger partial charge in [-0.05, 0) is 42.2 Å². The minimum Gasteiger partial charge on any atom is -0.478 e. The number of fused-ring (bicyclic) bond motifs is 3. The second-order valence-corrected chi connectivity index (χ2v) is 7.71. The van der Waals surface area contributed by atoms with Crippen LogP contribution in [-0.2, 0) is 29.6 Å². The molecule has 3 aromatic rings. The van der Waals surface area contributed by atoms with Crippen LogP contribution in [0.4, 0.5) is 4.79 Å². The molecule has 1 heterocycles. The second kappa shape index (κ2) is 11.2. The molecule has 2 aromatic carbocycles. The zero-order valence-corrected chi connectivity index (χ0v) is 18.9. The summed E-state index contributed by atoms with van der Waals surface area (Å²) in [6, 6.07) is 16.7. The van der Waals surface area contributed by atoms with E-state index in [4.69, 9.17) is 14.9 Å². The first-order chi connectivity index (χ1) is 16.3. The van der Waals surface area contributed by atoms with Crippen molar-refractivity contribution in [1.82, 2.24) is 15.2 Å². The van der Waals surface area contributed by atoms with Gasteiger partial charge in [-0.2, -0.15) is 0 Å². The molecule has 0 spiro atoms. The minimum absolute atomic E-state index is 0.339. The van der Waals surface area contributed by atoms with Crippen LogP contribution in [0.2, 0.25) is 0 Å². The molecule has 1 amide bonds. The average Bonchev–Trinajstić information content (AvgIpc) is 3.36. The Morgan fingerprint density at radius 1 is 1.09 bits per heavy atom. The molecule has 1 atom stereocenters. The van der Waals surface area contributed by atoms with E-state index < -0.39 is 18.0 Å². The molecule has 178 valence electrons. The Labute approximate surface area is 196 Å². The molecule has 1 aromatic heterocycles. The number of nitrogens with one attached hydrogen (secondary N) is 2. The fourth-order valence-electron chi connectivity index (χ4n) is 4.05. The maximum absolute atomic E-state index is 11.5. The number of hydrogen-bond acceptors (Lipinski definition) is 5. The number of hydrogen-bond donors (Lipinski definition) is 4. The number of carboxylic acid groups (broad SMARTS) is 2. The molecule has 34 heavy (non-hydrogen) atoms. The van der Waals surface area contributed by atoms with Crippen molar-refractivity contribution in [3.8, 4) is 5.75 Å². The van der Waals surface area contributed by atoms with E-state index in [0.29, 0.717) is 23.9 Å². The maximum atomic E-state index is 11.5. The van der Waals surface area contributed by atoms with Gasteiger partial charge in [-0.3, -0.25) is 0 Å². The lowest BCUT2D eigenvalue weighted by Gasteiger charge is -2.15. The number of ether oxygens (including phenoxy) is 1. The number of benzene rings is 2. The van der Waals surface area contributed by atoms with Crippen LogP contribution in [0.5, 0.6) is 5.75 Å². The minimum atomic E-state index is -1.26. The molecule has 0 saturated carbocycles. The summed E-state index contributed by atoms with van der Waals surface area (Å²) in [5, 5.41) is 23.0. The van der Waals surface area contributed by atoms with Crippen molar-refractivity contribution in [2.24, 2.45) is 7.05 Å². The summed E-state index contributed by atoms with van der Waals surface area (Å²) < 4.78 is 7.57. The van der Waals surface area contributed by atoms with E-state index in [1.807, 2.05) is 24.3 Å². The van der Waals surface area contributed by atoms with Crippen LogP contribution in [0.3, 0.4) is 0 Å². The zero-order valence-electron chi connectivity index (χ0n) is 18.9. The van der Waals surface area contributed by atoms with Gasteiger partial charge in [0.15, 0.2) is 0 Å². The first-order valence-electron chi connectivity index (χ1n) is 10.7. The number of aromatic nitrogens is 1. The Kier molecular flexibility index (Phi) is 8.05. The molecule has 0 saturated heterocycles. The SMILES string of the molecule is CNC(=O)Oc1ccc2c(c1)c1c(n2C)C(NCc2ccccc2)CC1.O=C(O)C=CC(=O)O. The molecule has 0 radical (unpaired) electrons. The van der Waals surface area contributed by atoms with Crippen LogP contribution in [-0.4, -0.2) is 39.9 Å². The smallest absolute Gasteiger partial charge is 0.412 e. The van der Waals surface area contributed by atoms with Crippen molar-refractivity contribution < 1.29 is 29.3 Å². The quantitative estimate of drug-likeness (QED) is 0.411. The molecule has 1 unspecified atom stereocenters. The standard InChI is InChI=1S/C21H23N3O2.C4H4O4/c1-22-21(25)26-15-8-11-19-17(12-15)16-9-10-18(20(16)24(19)2)23-13-14-6-4-3-5-7-14;5-3(6)1-2-4(7)8/h3-8,11-12,18,23H,9-10,13H2,1-2H3,(H,22,25);1-2H,(H,5,6)(H,7,8). The lowest BCUT2D eigenvalue weighted by molar-refractivity contribution is -0.134. The van der Waals surface area contributed by atoms with Gasteiger partial charge in [-0.25, -0.2) is 14.4 Å². The Morgan fingerprint density at radius 3 is 2.38 bits per heavy atom. The number of aryl methyl sites for hydroxylation is 2. The third-order valence-electron chi connectivity index (χ3n) is 5.52. The summed E-state index contributed by atoms with van der Waals surface area (Å²) in [7, 11) is 3.67. The van der Waals surface area contributed by atoms with Gasteiger partial charge in [-0.1, -0.05) is 30.3 Å². The number of carbonyl (C=O) groups excluding carboxylic acids is 1. The summed E-state index contributed by atoms with van der Waals surface area (Å²) in [5.74, 6) is -1.94. The van der Waals surface area contributed by atoms with Gasteiger partial charge in [0.25, 0.3) is 0 Å². The number of carboxylic acids is 2. The van der Waals surface area contributed by atoms with Gasteiger partial charge in [0.05, 0.1) is 0 Å². The third kappa shape index (κ3) is 6.02. The number of aliphatic carboxylic acids is 2. The van der Waals surface area contributed by atoms with Crippen molar-refractivity contribution >= 4 is 28.9 Å². The van der Waals surface area contributed by atoms with Gasteiger partial charge >= 0.3 is 18.0 Å². The van der Waals surface area contributed by atoms with Crippen LogP contribution in [0.1, 0.15) is 29.3 Å². The molecule has 4 N–H and O–H groups in total. The van der Waals surface area contributed by atoms with E-state index in [-0.39, 0.29) is 0 Å². The monoisotopic (exact) mass is 465 g/mol. The highest BCUT2D eigenvalue weighted by molar-refractivity contribution is 5.90. The van der Waals surface area contributed by atoms with Crippen molar-refractivity contribution in [1.29, 1.82) is 0 Å². The lowest BCUT2D eigenvalue weighted by Crippen LogP contribution is -2.21. The van der Waals surface area contributed by atoms with Gasteiger partial charge in [0.1, 0.15) is 5.75 Å². The molecular weight excluding hydrogens is 438 g/mol. The van der Waals surface area contributed by atoms with E-state index in [1.165, 1.54) is 27.7 Å². The summed E-state index contributed by atoms with van der Waals surface area (Å²) in [4.78, 5) is 30.6. The van der Waals surface area contributed by atoms with Crippen LogP contribution in [0.15, 0.2) is 60.7 Å². The highest BCUT2D eigenvalue weighted by atomic mass is 16.5. The zero-order chi connectivity index (χ0) is 24.7. The van der Waals surface area contributed by atoms with Crippen molar-refractivity contribution in [3.05, 3.63) is 77.5 Å². The Hall–Kier alpha value is -4.11. The highest BCUT2D eigenvalue weighted by Crippen LogP contribution is 2.39. The Bertz CT molecular complexity index is 1200. The molecule has 0 fully saturated rings. The van der Waals surface area contributed by atoms with E-state index in [0.717, 1.165) is 19.4 Å². The first-order valence-corrected chi connectivity index (χ1v) is 10.7. The summed E-state index contributed by atoms with van der Waals surface area (Å²) in [5.41, 5.74) is 5.16. The number of nitrogens with zero attached hydrogens (tertiary/aromatic N) is 1. The molecule has 9 nitrogen and oxygen atoms in total. The van der Waals surface area contributed by atoms with Gasteiger partial charge in [0.2, 0.25) is 0 Å². The summed E-state index contributed by atoms with van der Waals surface area (Å²) in [6.07, 6.45) is 2.79.